The highest BCUT2D eigenvalue weighted by Crippen LogP contribution is 2.31. The molecule has 1 aromatic carbocycles. The van der Waals surface area contributed by atoms with Crippen LogP contribution >= 0.6 is 0 Å². The second kappa shape index (κ2) is 6.82. The molecule has 0 fully saturated rings. The van der Waals surface area contributed by atoms with Crippen molar-refractivity contribution in [3.63, 3.8) is 0 Å². The first kappa shape index (κ1) is 16.2. The molecule has 2 aromatic rings. The van der Waals surface area contributed by atoms with Crippen LogP contribution in [-0.2, 0) is 13.6 Å². The Kier molecular flexibility index (Phi) is 4.59. The van der Waals surface area contributed by atoms with E-state index in [0.717, 1.165) is 29.0 Å². The van der Waals surface area contributed by atoms with E-state index >= 15 is 0 Å². The number of rotatable bonds is 4. The largest absolute Gasteiger partial charge is 0.493 e. The van der Waals surface area contributed by atoms with Gasteiger partial charge in [-0.1, -0.05) is 18.2 Å². The number of aromatic nitrogens is 2. The fourth-order valence-electron chi connectivity index (χ4n) is 3.00. The smallest absolute Gasteiger partial charge is 0.216 e. The molecule has 7 nitrogen and oxygen atoms in total. The van der Waals surface area contributed by atoms with Crippen LogP contribution in [0.1, 0.15) is 29.3 Å². The number of nitrogens with zero attached hydrogens (tertiary/aromatic N) is 3. The topological polar surface area (TPSA) is 86.7 Å². The van der Waals surface area contributed by atoms with Gasteiger partial charge in [-0.3, -0.25) is 0 Å². The standard InChI is InChI=1S/C17H23N5O2/c1-11-13(16(23-3)22(2)21-11)10-19-17(18)20-14-8-9-24-15-7-5-4-6-12(14)15/h4-7,14H,8-10H2,1-3H3,(H3,18,19,20). The summed E-state index contributed by atoms with van der Waals surface area (Å²) in [5.41, 5.74) is 9.03. The Morgan fingerprint density at radius 3 is 3.08 bits per heavy atom. The Morgan fingerprint density at radius 1 is 1.50 bits per heavy atom. The first-order valence-corrected chi connectivity index (χ1v) is 7.94. The summed E-state index contributed by atoms with van der Waals surface area (Å²) in [5.74, 6) is 2.02. The number of nitrogens with two attached hydrogens (primary N) is 1. The van der Waals surface area contributed by atoms with Crippen LogP contribution in [0.3, 0.4) is 0 Å². The molecule has 0 amide bonds. The van der Waals surface area contributed by atoms with Gasteiger partial charge in [0.05, 0.1) is 37.6 Å². The molecule has 3 rings (SSSR count). The van der Waals surface area contributed by atoms with Crippen LogP contribution in [0.4, 0.5) is 0 Å². The predicted molar refractivity (Wildman–Crippen MR) is 92.3 cm³/mol. The van der Waals surface area contributed by atoms with E-state index in [0.29, 0.717) is 25.0 Å². The van der Waals surface area contributed by atoms with E-state index in [1.807, 2.05) is 38.2 Å². The molecule has 1 aliphatic heterocycles. The molecule has 1 aliphatic rings. The molecule has 0 saturated carbocycles. The van der Waals surface area contributed by atoms with Gasteiger partial charge >= 0.3 is 0 Å². The molecule has 24 heavy (non-hydrogen) atoms. The molecule has 0 bridgehead atoms. The van der Waals surface area contributed by atoms with E-state index in [1.165, 1.54) is 0 Å². The van der Waals surface area contributed by atoms with Crippen molar-refractivity contribution in [2.45, 2.75) is 25.9 Å². The molecule has 1 unspecified atom stereocenters. The Bertz CT molecular complexity index is 753. The lowest BCUT2D eigenvalue weighted by Crippen LogP contribution is -2.37. The van der Waals surface area contributed by atoms with Crippen LogP contribution in [0.5, 0.6) is 11.6 Å². The summed E-state index contributed by atoms with van der Waals surface area (Å²) in [6.45, 7) is 3.02. The minimum Gasteiger partial charge on any atom is -0.493 e. The second-order valence-electron chi connectivity index (χ2n) is 5.77. The molecular formula is C17H23N5O2. The molecule has 0 radical (unpaired) electrons. The Hall–Kier alpha value is -2.70. The van der Waals surface area contributed by atoms with Crippen LogP contribution in [0.2, 0.25) is 0 Å². The third-order valence-electron chi connectivity index (χ3n) is 4.17. The Balaban J connectivity index is 1.72. The first-order chi connectivity index (χ1) is 11.6. The van der Waals surface area contributed by atoms with Gasteiger partial charge in [-0.25, -0.2) is 9.67 Å². The van der Waals surface area contributed by atoms with E-state index in [4.69, 9.17) is 15.2 Å². The molecule has 3 N–H and O–H groups in total. The van der Waals surface area contributed by atoms with Crippen LogP contribution < -0.4 is 20.5 Å². The summed E-state index contributed by atoms with van der Waals surface area (Å²) >= 11 is 0. The van der Waals surface area contributed by atoms with Crippen molar-refractivity contribution in [3.05, 3.63) is 41.1 Å². The minimum absolute atomic E-state index is 0.107. The fraction of sp³-hybridized carbons (Fsp3) is 0.412. The number of ether oxygens (including phenoxy) is 2. The number of hydrogen-bond acceptors (Lipinski definition) is 4. The average molecular weight is 329 g/mol. The highest BCUT2D eigenvalue weighted by atomic mass is 16.5. The minimum atomic E-state index is 0.107. The fourth-order valence-corrected chi connectivity index (χ4v) is 3.00. The summed E-state index contributed by atoms with van der Waals surface area (Å²) in [5, 5.41) is 7.64. The lowest BCUT2D eigenvalue weighted by Gasteiger charge is -2.26. The maximum Gasteiger partial charge on any atom is 0.216 e. The Labute approximate surface area is 141 Å². The third kappa shape index (κ3) is 3.15. The van der Waals surface area contributed by atoms with Gasteiger partial charge in [0.15, 0.2) is 5.96 Å². The monoisotopic (exact) mass is 329 g/mol. The van der Waals surface area contributed by atoms with E-state index in [-0.39, 0.29) is 6.04 Å². The van der Waals surface area contributed by atoms with Gasteiger partial charge < -0.3 is 20.5 Å². The molecule has 7 heteroatoms. The molecular weight excluding hydrogens is 306 g/mol. The number of guanidine groups is 1. The number of aryl methyl sites for hydroxylation is 2. The van der Waals surface area contributed by atoms with Crippen molar-refractivity contribution < 1.29 is 9.47 Å². The van der Waals surface area contributed by atoms with Crippen molar-refractivity contribution in [3.8, 4) is 11.6 Å². The number of hydrogen-bond donors (Lipinski definition) is 2. The van der Waals surface area contributed by atoms with Crippen molar-refractivity contribution in [1.82, 2.24) is 15.1 Å². The molecule has 0 aliphatic carbocycles. The zero-order valence-corrected chi connectivity index (χ0v) is 14.2. The molecule has 128 valence electrons. The summed E-state index contributed by atoms with van der Waals surface area (Å²) < 4.78 is 12.8. The lowest BCUT2D eigenvalue weighted by atomic mass is 10.0. The van der Waals surface area contributed by atoms with E-state index in [2.05, 4.69) is 15.4 Å². The van der Waals surface area contributed by atoms with Crippen molar-refractivity contribution in [2.75, 3.05) is 13.7 Å². The third-order valence-corrected chi connectivity index (χ3v) is 4.17. The van der Waals surface area contributed by atoms with E-state index in [9.17, 15) is 0 Å². The van der Waals surface area contributed by atoms with Crippen molar-refractivity contribution in [2.24, 2.45) is 17.8 Å². The van der Waals surface area contributed by atoms with Crippen LogP contribution in [0.25, 0.3) is 0 Å². The van der Waals surface area contributed by atoms with Crippen LogP contribution in [-0.4, -0.2) is 29.5 Å². The zero-order valence-electron chi connectivity index (χ0n) is 14.2. The maximum atomic E-state index is 6.09. The number of nitrogens with one attached hydrogen (secondary N) is 1. The molecule has 2 heterocycles. The number of aliphatic imine (C=N–C) groups is 1. The quantitative estimate of drug-likeness (QED) is 0.658. The number of benzene rings is 1. The number of para-hydroxylation sites is 1. The van der Waals surface area contributed by atoms with Gasteiger partial charge in [0.2, 0.25) is 5.88 Å². The number of fused-ring (bicyclic) bond motifs is 1. The summed E-state index contributed by atoms with van der Waals surface area (Å²) in [7, 11) is 3.48. The summed E-state index contributed by atoms with van der Waals surface area (Å²) in [6.07, 6.45) is 0.850. The number of methoxy groups -OCH3 is 1. The van der Waals surface area contributed by atoms with Gasteiger partial charge in [-0.2, -0.15) is 5.10 Å². The predicted octanol–water partition coefficient (Wildman–Crippen LogP) is 1.67. The van der Waals surface area contributed by atoms with Crippen LogP contribution in [0, 0.1) is 6.92 Å². The van der Waals surface area contributed by atoms with Gasteiger partial charge in [-0.05, 0) is 13.0 Å². The normalized spacial score (nSPS) is 17.1. The summed E-state index contributed by atoms with van der Waals surface area (Å²) in [4.78, 5) is 4.45. The Morgan fingerprint density at radius 2 is 2.29 bits per heavy atom. The molecule has 0 saturated heterocycles. The van der Waals surface area contributed by atoms with E-state index < -0.39 is 0 Å². The van der Waals surface area contributed by atoms with Gasteiger partial charge in [0.25, 0.3) is 0 Å². The highest BCUT2D eigenvalue weighted by molar-refractivity contribution is 5.78. The van der Waals surface area contributed by atoms with Crippen molar-refractivity contribution >= 4 is 5.96 Å². The van der Waals surface area contributed by atoms with Gasteiger partial charge in [0.1, 0.15) is 5.75 Å². The summed E-state index contributed by atoms with van der Waals surface area (Å²) in [6, 6.07) is 8.10. The first-order valence-electron chi connectivity index (χ1n) is 7.94. The molecule has 0 spiro atoms. The second-order valence-corrected chi connectivity index (χ2v) is 5.77. The maximum absolute atomic E-state index is 6.09. The SMILES string of the molecule is COc1c(CN=C(N)NC2CCOc3ccccc32)c(C)nn1C. The average Bonchev–Trinajstić information content (AvgIpc) is 2.86. The highest BCUT2D eigenvalue weighted by Gasteiger charge is 2.21. The zero-order chi connectivity index (χ0) is 17.1. The van der Waals surface area contributed by atoms with Gasteiger partial charge in [0, 0.05) is 19.0 Å². The molecule has 1 atom stereocenters. The van der Waals surface area contributed by atoms with E-state index in [1.54, 1.807) is 11.8 Å². The van der Waals surface area contributed by atoms with Crippen LogP contribution in [0.15, 0.2) is 29.3 Å². The van der Waals surface area contributed by atoms with Crippen molar-refractivity contribution in [1.29, 1.82) is 0 Å². The lowest BCUT2D eigenvalue weighted by molar-refractivity contribution is 0.262. The van der Waals surface area contributed by atoms with Gasteiger partial charge in [-0.15, -0.1) is 0 Å². The molecule has 1 aromatic heterocycles.